The molecule has 112 valence electrons. The van der Waals surface area contributed by atoms with E-state index in [1.807, 2.05) is 0 Å². The summed E-state index contributed by atoms with van der Waals surface area (Å²) in [6.45, 7) is 4.88. The van der Waals surface area contributed by atoms with Gasteiger partial charge in [0.1, 0.15) is 4.88 Å². The van der Waals surface area contributed by atoms with Gasteiger partial charge in [-0.15, -0.1) is 11.3 Å². The molecule has 0 aliphatic rings. The molecule has 1 aromatic rings. The summed E-state index contributed by atoms with van der Waals surface area (Å²) in [6, 6.07) is 0. The third-order valence-electron chi connectivity index (χ3n) is 2.35. The van der Waals surface area contributed by atoms with Crippen molar-refractivity contribution in [1.82, 2.24) is 4.98 Å². The fourth-order valence-corrected chi connectivity index (χ4v) is 2.38. The van der Waals surface area contributed by atoms with Gasteiger partial charge in [0.05, 0.1) is 31.4 Å². The maximum Gasteiger partial charge on any atom is 0.358 e. The largest absolute Gasteiger partial charge is 0.461 e. The second-order valence-corrected chi connectivity index (χ2v) is 5.00. The smallest absolute Gasteiger partial charge is 0.358 e. The highest BCUT2D eigenvalue weighted by atomic mass is 32.1. The van der Waals surface area contributed by atoms with E-state index in [0.29, 0.717) is 36.1 Å². The number of hydrogen-bond donors (Lipinski definition) is 0. The van der Waals surface area contributed by atoms with Gasteiger partial charge in [-0.2, -0.15) is 0 Å². The first-order chi connectivity index (χ1) is 9.60. The van der Waals surface area contributed by atoms with Crippen LogP contribution in [0.5, 0.6) is 0 Å². The van der Waals surface area contributed by atoms with Crippen molar-refractivity contribution in [3.63, 3.8) is 0 Å². The number of esters is 1. The molecule has 20 heavy (non-hydrogen) atoms. The van der Waals surface area contributed by atoms with Crippen LogP contribution in [0.25, 0.3) is 0 Å². The molecule has 0 saturated carbocycles. The Bertz CT molecular complexity index is 458. The van der Waals surface area contributed by atoms with Crippen molar-refractivity contribution in [3.05, 3.63) is 15.6 Å². The third-order valence-corrected chi connectivity index (χ3v) is 3.57. The second kappa shape index (κ2) is 8.78. The van der Waals surface area contributed by atoms with Gasteiger partial charge >= 0.3 is 5.97 Å². The summed E-state index contributed by atoms with van der Waals surface area (Å²) < 4.78 is 15.1. The molecule has 6 nitrogen and oxygen atoms in total. The maximum atomic E-state index is 11.7. The topological polar surface area (TPSA) is 74.7 Å². The Morgan fingerprint density at radius 2 is 2.00 bits per heavy atom. The number of ketones is 1. The average molecular weight is 301 g/mol. The Hall–Kier alpha value is -1.31. The van der Waals surface area contributed by atoms with Crippen molar-refractivity contribution >= 4 is 23.1 Å². The van der Waals surface area contributed by atoms with E-state index in [1.54, 1.807) is 14.0 Å². The molecule has 0 atom stereocenters. The summed E-state index contributed by atoms with van der Waals surface area (Å²) in [5, 5.41) is 0.690. The van der Waals surface area contributed by atoms with E-state index in [4.69, 9.17) is 14.2 Å². The summed E-state index contributed by atoms with van der Waals surface area (Å²) in [7, 11) is 1.61. The molecule has 1 heterocycles. The van der Waals surface area contributed by atoms with Gasteiger partial charge in [-0.3, -0.25) is 4.79 Å². The standard InChI is InChI=1S/C13H19NO5S/c1-4-19-13(16)11-12(9(2)15)20-10(14-11)5-6-18-8-7-17-3/h4-8H2,1-3H3. The first-order valence-corrected chi connectivity index (χ1v) is 7.16. The van der Waals surface area contributed by atoms with E-state index in [1.165, 1.54) is 18.3 Å². The fourth-order valence-electron chi connectivity index (χ4n) is 1.45. The zero-order chi connectivity index (χ0) is 15.0. The van der Waals surface area contributed by atoms with Gasteiger partial charge in [-0.25, -0.2) is 9.78 Å². The second-order valence-electron chi connectivity index (χ2n) is 3.92. The van der Waals surface area contributed by atoms with Gasteiger partial charge in [0, 0.05) is 20.5 Å². The van der Waals surface area contributed by atoms with Crippen LogP contribution in [0.15, 0.2) is 0 Å². The van der Waals surface area contributed by atoms with Crippen LogP contribution < -0.4 is 0 Å². The predicted octanol–water partition coefficient (Wildman–Crippen LogP) is 1.73. The van der Waals surface area contributed by atoms with Crippen molar-refractivity contribution in [2.45, 2.75) is 20.3 Å². The quantitative estimate of drug-likeness (QED) is 0.393. The summed E-state index contributed by atoms with van der Waals surface area (Å²) in [5.74, 6) is -0.738. The van der Waals surface area contributed by atoms with E-state index in [9.17, 15) is 9.59 Å². The minimum Gasteiger partial charge on any atom is -0.461 e. The Morgan fingerprint density at radius 1 is 1.25 bits per heavy atom. The lowest BCUT2D eigenvalue weighted by Crippen LogP contribution is -2.09. The first kappa shape index (κ1) is 16.7. The molecule has 0 bridgehead atoms. The van der Waals surface area contributed by atoms with Gasteiger partial charge in [0.15, 0.2) is 11.5 Å². The lowest BCUT2D eigenvalue weighted by molar-refractivity contribution is 0.0516. The highest BCUT2D eigenvalue weighted by Crippen LogP contribution is 2.20. The zero-order valence-electron chi connectivity index (χ0n) is 11.9. The zero-order valence-corrected chi connectivity index (χ0v) is 12.7. The fraction of sp³-hybridized carbons (Fsp3) is 0.615. The van der Waals surface area contributed by atoms with Gasteiger partial charge in [0.2, 0.25) is 0 Å². The minimum absolute atomic E-state index is 0.108. The van der Waals surface area contributed by atoms with Gasteiger partial charge in [-0.05, 0) is 6.92 Å². The number of Topliss-reactive ketones (excluding diaryl/α,β-unsaturated/α-hetero) is 1. The predicted molar refractivity (Wildman–Crippen MR) is 74.5 cm³/mol. The Balaban J connectivity index is 2.66. The summed E-state index contributed by atoms with van der Waals surface area (Å²) in [4.78, 5) is 27.8. The molecule has 0 radical (unpaired) electrons. The Labute approximate surface area is 122 Å². The molecule has 0 aliphatic carbocycles. The van der Waals surface area contributed by atoms with Crippen LogP contribution in [0.2, 0.25) is 0 Å². The van der Waals surface area contributed by atoms with Crippen LogP contribution in [0.4, 0.5) is 0 Å². The van der Waals surface area contributed by atoms with Crippen LogP contribution in [0, 0.1) is 0 Å². The number of thiazole rings is 1. The molecule has 0 aliphatic heterocycles. The lowest BCUT2D eigenvalue weighted by Gasteiger charge is -2.01. The van der Waals surface area contributed by atoms with Crippen LogP contribution >= 0.6 is 11.3 Å². The number of hydrogen-bond acceptors (Lipinski definition) is 7. The van der Waals surface area contributed by atoms with E-state index in [0.717, 1.165) is 0 Å². The molecule has 0 fully saturated rings. The molecule has 0 N–H and O–H groups in total. The monoisotopic (exact) mass is 301 g/mol. The Morgan fingerprint density at radius 3 is 2.60 bits per heavy atom. The molecule has 0 saturated heterocycles. The van der Waals surface area contributed by atoms with Crippen LogP contribution in [-0.4, -0.2) is 50.3 Å². The molecule has 0 spiro atoms. The van der Waals surface area contributed by atoms with Crippen molar-refractivity contribution in [2.75, 3.05) is 33.5 Å². The van der Waals surface area contributed by atoms with E-state index >= 15 is 0 Å². The number of rotatable bonds is 9. The molecule has 1 rings (SSSR count). The highest BCUT2D eigenvalue weighted by molar-refractivity contribution is 7.14. The number of nitrogens with zero attached hydrogens (tertiary/aromatic N) is 1. The normalized spacial score (nSPS) is 10.6. The minimum atomic E-state index is -0.555. The van der Waals surface area contributed by atoms with E-state index < -0.39 is 5.97 Å². The molecule has 0 aromatic carbocycles. The molecule has 1 aromatic heterocycles. The SMILES string of the molecule is CCOC(=O)c1nc(CCOCCOC)sc1C(C)=O. The van der Waals surface area contributed by atoms with Crippen LogP contribution in [0.1, 0.15) is 39.0 Å². The van der Waals surface area contributed by atoms with Crippen LogP contribution in [0.3, 0.4) is 0 Å². The summed E-state index contributed by atoms with van der Waals surface area (Å²) in [5.41, 5.74) is 0.108. The van der Waals surface area contributed by atoms with Crippen molar-refractivity contribution in [2.24, 2.45) is 0 Å². The first-order valence-electron chi connectivity index (χ1n) is 6.34. The Kier molecular flexibility index (Phi) is 7.35. The highest BCUT2D eigenvalue weighted by Gasteiger charge is 2.21. The molecular weight excluding hydrogens is 282 g/mol. The van der Waals surface area contributed by atoms with Crippen LogP contribution in [-0.2, 0) is 20.6 Å². The van der Waals surface area contributed by atoms with Crippen molar-refractivity contribution in [3.8, 4) is 0 Å². The summed E-state index contributed by atoms with van der Waals surface area (Å²) in [6.07, 6.45) is 0.550. The van der Waals surface area contributed by atoms with Crippen molar-refractivity contribution in [1.29, 1.82) is 0 Å². The van der Waals surface area contributed by atoms with Gasteiger partial charge in [-0.1, -0.05) is 0 Å². The number of carbonyl (C=O) groups excluding carboxylic acids is 2. The average Bonchev–Trinajstić information content (AvgIpc) is 2.83. The molecular formula is C13H19NO5S. The van der Waals surface area contributed by atoms with E-state index in [2.05, 4.69) is 4.98 Å². The number of methoxy groups -OCH3 is 1. The van der Waals surface area contributed by atoms with Crippen molar-refractivity contribution < 1.29 is 23.8 Å². The summed E-state index contributed by atoms with van der Waals surface area (Å²) >= 11 is 1.21. The number of ether oxygens (including phenoxy) is 3. The maximum absolute atomic E-state index is 11.7. The molecule has 0 amide bonds. The van der Waals surface area contributed by atoms with E-state index in [-0.39, 0.29) is 18.1 Å². The number of carbonyl (C=O) groups is 2. The molecule has 0 unspecified atom stereocenters. The third kappa shape index (κ3) is 4.99. The van der Waals surface area contributed by atoms with Gasteiger partial charge in [0.25, 0.3) is 0 Å². The van der Waals surface area contributed by atoms with Gasteiger partial charge < -0.3 is 14.2 Å². The lowest BCUT2D eigenvalue weighted by atomic mass is 10.3. The number of aromatic nitrogens is 1. The molecule has 7 heteroatoms.